The van der Waals surface area contributed by atoms with Gasteiger partial charge in [0.25, 0.3) is 0 Å². The van der Waals surface area contributed by atoms with Crippen LogP contribution < -0.4 is 10.6 Å². The number of carbonyl (C=O) groups excluding carboxylic acids is 2. The standard InChI is InChI=1S/C25H28FN5O3/c1-17-15-18(7-8-21(17)26)25-29-24(34-30-25)10-9-22(32)27-20-11-13-31(14-12-20)16-23(33)28-19-5-3-2-4-6-19/h2-8,15,20H,9-14,16H2,1H3,(H,27,32)(H,28,33). The second-order valence-electron chi connectivity index (χ2n) is 8.51. The van der Waals surface area contributed by atoms with Crippen molar-refractivity contribution in [1.82, 2.24) is 20.4 Å². The van der Waals surface area contributed by atoms with Gasteiger partial charge in [0.2, 0.25) is 23.5 Å². The lowest BCUT2D eigenvalue weighted by Crippen LogP contribution is -2.46. The molecule has 34 heavy (non-hydrogen) atoms. The number of halogens is 1. The van der Waals surface area contributed by atoms with Crippen LogP contribution in [0, 0.1) is 12.7 Å². The van der Waals surface area contributed by atoms with Gasteiger partial charge in [-0.1, -0.05) is 23.4 Å². The molecule has 0 unspecified atom stereocenters. The maximum absolute atomic E-state index is 13.5. The number of piperidine rings is 1. The van der Waals surface area contributed by atoms with E-state index in [1.165, 1.54) is 6.07 Å². The van der Waals surface area contributed by atoms with Crippen molar-refractivity contribution in [3.05, 3.63) is 65.8 Å². The molecule has 1 saturated heterocycles. The van der Waals surface area contributed by atoms with Gasteiger partial charge in [-0.25, -0.2) is 4.39 Å². The van der Waals surface area contributed by atoms with Gasteiger partial charge in [-0.15, -0.1) is 0 Å². The van der Waals surface area contributed by atoms with Gasteiger partial charge in [-0.3, -0.25) is 14.5 Å². The fourth-order valence-corrected chi connectivity index (χ4v) is 3.94. The fourth-order valence-electron chi connectivity index (χ4n) is 3.94. The number of aryl methyl sites for hydroxylation is 2. The predicted octanol–water partition coefficient (Wildman–Crippen LogP) is 3.34. The second kappa shape index (κ2) is 11.0. The summed E-state index contributed by atoms with van der Waals surface area (Å²) in [5.41, 5.74) is 1.96. The number of aromatic nitrogens is 2. The van der Waals surface area contributed by atoms with E-state index in [1.54, 1.807) is 19.1 Å². The molecule has 8 nitrogen and oxygen atoms in total. The fraction of sp³-hybridized carbons (Fsp3) is 0.360. The third kappa shape index (κ3) is 6.48. The maximum Gasteiger partial charge on any atom is 0.238 e. The lowest BCUT2D eigenvalue weighted by molar-refractivity contribution is -0.122. The number of nitrogens with zero attached hydrogens (tertiary/aromatic N) is 3. The number of likely N-dealkylation sites (tertiary alicyclic amines) is 1. The number of anilines is 1. The van der Waals surface area contributed by atoms with E-state index in [9.17, 15) is 14.0 Å². The molecule has 4 rings (SSSR count). The van der Waals surface area contributed by atoms with Crippen molar-refractivity contribution in [2.75, 3.05) is 25.0 Å². The summed E-state index contributed by atoms with van der Waals surface area (Å²) in [6, 6.07) is 14.1. The highest BCUT2D eigenvalue weighted by molar-refractivity contribution is 5.92. The normalized spacial score (nSPS) is 14.6. The van der Waals surface area contributed by atoms with Crippen LogP contribution in [0.3, 0.4) is 0 Å². The molecule has 0 aliphatic carbocycles. The molecule has 178 valence electrons. The minimum atomic E-state index is -0.287. The quantitative estimate of drug-likeness (QED) is 0.529. The molecule has 1 aliphatic rings. The number of hydrogen-bond acceptors (Lipinski definition) is 6. The van der Waals surface area contributed by atoms with Crippen LogP contribution in [-0.2, 0) is 16.0 Å². The first-order valence-electron chi connectivity index (χ1n) is 11.4. The van der Waals surface area contributed by atoms with Crippen LogP contribution in [0.4, 0.5) is 10.1 Å². The Bertz CT molecular complexity index is 1130. The number of benzene rings is 2. The van der Waals surface area contributed by atoms with Gasteiger partial charge in [-0.2, -0.15) is 4.98 Å². The molecule has 3 aromatic rings. The summed E-state index contributed by atoms with van der Waals surface area (Å²) in [4.78, 5) is 31.0. The van der Waals surface area contributed by atoms with Gasteiger partial charge in [0.15, 0.2) is 0 Å². The number of hydrogen-bond donors (Lipinski definition) is 2. The van der Waals surface area contributed by atoms with Crippen molar-refractivity contribution in [3.8, 4) is 11.4 Å². The van der Waals surface area contributed by atoms with Gasteiger partial charge in [0, 0.05) is 43.2 Å². The molecular formula is C25H28FN5O3. The van der Waals surface area contributed by atoms with E-state index in [2.05, 4.69) is 25.7 Å². The Morgan fingerprint density at radius 3 is 2.62 bits per heavy atom. The van der Waals surface area contributed by atoms with Gasteiger partial charge < -0.3 is 15.2 Å². The molecule has 1 fully saturated rings. The van der Waals surface area contributed by atoms with E-state index in [1.807, 2.05) is 30.3 Å². The lowest BCUT2D eigenvalue weighted by atomic mass is 10.0. The summed E-state index contributed by atoms with van der Waals surface area (Å²) < 4.78 is 18.7. The first-order chi connectivity index (χ1) is 16.5. The monoisotopic (exact) mass is 465 g/mol. The summed E-state index contributed by atoms with van der Waals surface area (Å²) in [7, 11) is 0. The third-order valence-corrected chi connectivity index (χ3v) is 5.83. The van der Waals surface area contributed by atoms with Crippen LogP contribution >= 0.6 is 0 Å². The summed E-state index contributed by atoms with van der Waals surface area (Å²) in [5.74, 6) is 0.347. The van der Waals surface area contributed by atoms with Crippen molar-refractivity contribution >= 4 is 17.5 Å². The van der Waals surface area contributed by atoms with Crippen LogP contribution in [0.2, 0.25) is 0 Å². The Morgan fingerprint density at radius 1 is 1.12 bits per heavy atom. The van der Waals surface area contributed by atoms with Crippen molar-refractivity contribution in [2.24, 2.45) is 0 Å². The van der Waals surface area contributed by atoms with E-state index < -0.39 is 0 Å². The molecular weight excluding hydrogens is 437 g/mol. The minimum absolute atomic E-state index is 0.0385. The first kappa shape index (κ1) is 23.6. The highest BCUT2D eigenvalue weighted by atomic mass is 19.1. The highest BCUT2D eigenvalue weighted by Crippen LogP contribution is 2.19. The van der Waals surface area contributed by atoms with E-state index in [0.717, 1.165) is 31.6 Å². The molecule has 0 saturated carbocycles. The first-order valence-corrected chi connectivity index (χ1v) is 11.4. The number of carbonyl (C=O) groups is 2. The van der Waals surface area contributed by atoms with Crippen LogP contribution in [0.5, 0.6) is 0 Å². The zero-order chi connectivity index (χ0) is 23.9. The summed E-state index contributed by atoms with van der Waals surface area (Å²) in [6.45, 7) is 3.51. The van der Waals surface area contributed by atoms with E-state index in [0.29, 0.717) is 35.8 Å². The Balaban J connectivity index is 1.17. The number of rotatable bonds is 8. The highest BCUT2D eigenvalue weighted by Gasteiger charge is 2.22. The molecule has 9 heteroatoms. The Kier molecular flexibility index (Phi) is 7.64. The largest absolute Gasteiger partial charge is 0.353 e. The van der Waals surface area contributed by atoms with Crippen molar-refractivity contribution in [1.29, 1.82) is 0 Å². The minimum Gasteiger partial charge on any atom is -0.353 e. The molecule has 2 heterocycles. The number of nitrogens with one attached hydrogen (secondary N) is 2. The lowest BCUT2D eigenvalue weighted by Gasteiger charge is -2.31. The van der Waals surface area contributed by atoms with Crippen LogP contribution in [0.1, 0.15) is 30.7 Å². The number of amides is 2. The van der Waals surface area contributed by atoms with Crippen LogP contribution in [0.25, 0.3) is 11.4 Å². The summed E-state index contributed by atoms with van der Waals surface area (Å²) in [5, 5.41) is 9.88. The van der Waals surface area contributed by atoms with Crippen LogP contribution in [-0.4, -0.2) is 52.5 Å². The molecule has 0 spiro atoms. The maximum atomic E-state index is 13.5. The van der Waals surface area contributed by atoms with E-state index in [-0.39, 0.29) is 30.1 Å². The molecule has 2 aromatic carbocycles. The summed E-state index contributed by atoms with van der Waals surface area (Å²) >= 11 is 0. The average molecular weight is 466 g/mol. The molecule has 0 atom stereocenters. The molecule has 1 aliphatic heterocycles. The zero-order valence-electron chi connectivity index (χ0n) is 19.1. The summed E-state index contributed by atoms with van der Waals surface area (Å²) in [6.07, 6.45) is 2.15. The smallest absolute Gasteiger partial charge is 0.238 e. The second-order valence-corrected chi connectivity index (χ2v) is 8.51. The molecule has 1 aromatic heterocycles. The number of para-hydroxylation sites is 1. The molecule has 0 radical (unpaired) electrons. The topological polar surface area (TPSA) is 100 Å². The van der Waals surface area contributed by atoms with Crippen molar-refractivity contribution < 1.29 is 18.5 Å². The SMILES string of the molecule is Cc1cc(-c2noc(CCC(=O)NC3CCN(CC(=O)Nc4ccccc4)CC3)n2)ccc1F. The Morgan fingerprint density at radius 2 is 1.88 bits per heavy atom. The molecule has 0 bridgehead atoms. The van der Waals surface area contributed by atoms with Crippen molar-refractivity contribution in [2.45, 2.75) is 38.6 Å². The zero-order valence-corrected chi connectivity index (χ0v) is 19.1. The van der Waals surface area contributed by atoms with Gasteiger partial charge >= 0.3 is 0 Å². The van der Waals surface area contributed by atoms with Gasteiger partial charge in [0.05, 0.1) is 6.54 Å². The third-order valence-electron chi connectivity index (χ3n) is 5.83. The van der Waals surface area contributed by atoms with Gasteiger partial charge in [0.1, 0.15) is 5.82 Å². The Labute approximate surface area is 197 Å². The average Bonchev–Trinajstić information content (AvgIpc) is 3.30. The van der Waals surface area contributed by atoms with E-state index in [4.69, 9.17) is 4.52 Å². The van der Waals surface area contributed by atoms with Crippen LogP contribution in [0.15, 0.2) is 53.1 Å². The Hall–Kier alpha value is -3.59. The van der Waals surface area contributed by atoms with E-state index >= 15 is 0 Å². The molecule has 2 N–H and O–H groups in total. The molecule has 2 amide bonds. The van der Waals surface area contributed by atoms with Gasteiger partial charge in [-0.05, 0) is 55.7 Å². The van der Waals surface area contributed by atoms with Crippen molar-refractivity contribution in [3.63, 3.8) is 0 Å². The predicted molar refractivity (Wildman–Crippen MR) is 125 cm³/mol.